The molecule has 0 N–H and O–H groups in total. The molecule has 3 heterocycles. The Morgan fingerprint density at radius 3 is 2.96 bits per heavy atom. The van der Waals surface area contributed by atoms with E-state index in [-0.39, 0.29) is 11.2 Å². The summed E-state index contributed by atoms with van der Waals surface area (Å²) in [4.78, 5) is 14.5. The topological polar surface area (TPSA) is 63.9 Å². The van der Waals surface area contributed by atoms with Gasteiger partial charge in [0.15, 0.2) is 0 Å². The third kappa shape index (κ3) is 2.57. The number of carbonyl (C=O) groups is 1. The number of aryl methyl sites for hydroxylation is 1. The number of carbonyl (C=O) groups excluding carboxylic acids is 1. The number of fused-ring (bicyclic) bond motifs is 1. The molecule has 0 aliphatic carbocycles. The molecule has 6 nitrogen and oxygen atoms in total. The van der Waals surface area contributed by atoms with E-state index in [0.29, 0.717) is 6.54 Å². The van der Waals surface area contributed by atoms with Crippen molar-refractivity contribution in [2.45, 2.75) is 16.7 Å². The summed E-state index contributed by atoms with van der Waals surface area (Å²) in [6, 6.07) is 7.98. The van der Waals surface area contributed by atoms with E-state index >= 15 is 0 Å². The number of amides is 1. The maximum atomic E-state index is 12.7. The van der Waals surface area contributed by atoms with Crippen molar-refractivity contribution in [1.82, 2.24) is 20.0 Å². The quantitative estimate of drug-likeness (QED) is 0.739. The van der Waals surface area contributed by atoms with E-state index in [0.717, 1.165) is 27.9 Å². The predicted octanol–water partition coefficient (Wildman–Crippen LogP) is 2.26. The number of anilines is 1. The van der Waals surface area contributed by atoms with Crippen LogP contribution in [0.2, 0.25) is 0 Å². The van der Waals surface area contributed by atoms with Crippen molar-refractivity contribution in [2.75, 3.05) is 11.4 Å². The fourth-order valence-corrected chi connectivity index (χ4v) is 3.92. The molecule has 0 bridgehead atoms. The maximum absolute atomic E-state index is 12.7. The molecule has 23 heavy (non-hydrogen) atoms. The second-order valence-electron chi connectivity index (χ2n) is 5.49. The monoisotopic (exact) mass is 325 g/mol. The number of aromatic nitrogens is 4. The number of thioether (sulfide) groups is 1. The van der Waals surface area contributed by atoms with Crippen molar-refractivity contribution in [3.8, 4) is 0 Å². The third-order valence-electron chi connectivity index (χ3n) is 3.95. The third-order valence-corrected chi connectivity index (χ3v) is 5.20. The fourth-order valence-electron chi connectivity index (χ4n) is 2.79. The van der Waals surface area contributed by atoms with E-state index in [9.17, 15) is 4.79 Å². The SMILES string of the molecule is Cn1cc(N2CCC(Sc3nncc4ccccc34)C2=O)cn1. The van der Waals surface area contributed by atoms with Gasteiger partial charge in [0.2, 0.25) is 5.91 Å². The van der Waals surface area contributed by atoms with Crippen LogP contribution in [0.15, 0.2) is 47.9 Å². The van der Waals surface area contributed by atoms with Crippen LogP contribution in [-0.4, -0.2) is 37.7 Å². The molecule has 1 aliphatic rings. The van der Waals surface area contributed by atoms with Crippen LogP contribution in [0.25, 0.3) is 10.8 Å². The van der Waals surface area contributed by atoms with Crippen molar-refractivity contribution in [2.24, 2.45) is 7.05 Å². The molecule has 1 unspecified atom stereocenters. The first-order valence-corrected chi connectivity index (χ1v) is 8.27. The van der Waals surface area contributed by atoms with Crippen LogP contribution < -0.4 is 4.90 Å². The van der Waals surface area contributed by atoms with Crippen molar-refractivity contribution in [3.63, 3.8) is 0 Å². The zero-order valence-corrected chi connectivity index (χ0v) is 13.4. The summed E-state index contributed by atoms with van der Waals surface area (Å²) < 4.78 is 1.71. The lowest BCUT2D eigenvalue weighted by Gasteiger charge is -2.14. The number of nitrogens with zero attached hydrogens (tertiary/aromatic N) is 5. The predicted molar refractivity (Wildman–Crippen MR) is 89.4 cm³/mol. The van der Waals surface area contributed by atoms with E-state index in [1.807, 2.05) is 37.5 Å². The van der Waals surface area contributed by atoms with E-state index in [4.69, 9.17) is 0 Å². The summed E-state index contributed by atoms with van der Waals surface area (Å²) in [5, 5.41) is 15.2. The van der Waals surface area contributed by atoms with Crippen LogP contribution in [0.5, 0.6) is 0 Å². The molecule has 4 rings (SSSR count). The number of hydrogen-bond donors (Lipinski definition) is 0. The molecule has 0 spiro atoms. The van der Waals surface area contributed by atoms with Crippen LogP contribution in [0.4, 0.5) is 5.69 Å². The van der Waals surface area contributed by atoms with Gasteiger partial charge in [-0.15, -0.1) is 5.10 Å². The first-order valence-electron chi connectivity index (χ1n) is 7.39. The Bertz CT molecular complexity index is 872. The van der Waals surface area contributed by atoms with Gasteiger partial charge in [0.1, 0.15) is 5.03 Å². The first-order chi connectivity index (χ1) is 11.2. The Morgan fingerprint density at radius 1 is 1.26 bits per heavy atom. The minimum Gasteiger partial charge on any atom is -0.308 e. The second kappa shape index (κ2) is 5.66. The summed E-state index contributed by atoms with van der Waals surface area (Å²) in [7, 11) is 1.85. The molecule has 1 atom stereocenters. The summed E-state index contributed by atoms with van der Waals surface area (Å²) in [5.41, 5.74) is 0.851. The minimum absolute atomic E-state index is 0.109. The average molecular weight is 325 g/mol. The Hall–Kier alpha value is -2.41. The lowest BCUT2D eigenvalue weighted by atomic mass is 10.2. The summed E-state index contributed by atoms with van der Waals surface area (Å²) in [6.45, 7) is 0.709. The van der Waals surface area contributed by atoms with Gasteiger partial charge in [-0.05, 0) is 6.42 Å². The van der Waals surface area contributed by atoms with Gasteiger partial charge < -0.3 is 4.90 Å². The van der Waals surface area contributed by atoms with Crippen LogP contribution in [0.3, 0.4) is 0 Å². The van der Waals surface area contributed by atoms with Gasteiger partial charge in [-0.1, -0.05) is 36.0 Å². The minimum atomic E-state index is -0.129. The molecule has 1 aromatic carbocycles. The van der Waals surface area contributed by atoms with Crippen molar-refractivity contribution < 1.29 is 4.79 Å². The first kappa shape index (κ1) is 14.2. The highest BCUT2D eigenvalue weighted by Crippen LogP contribution is 2.34. The van der Waals surface area contributed by atoms with Crippen molar-refractivity contribution in [1.29, 1.82) is 0 Å². The van der Waals surface area contributed by atoms with Crippen molar-refractivity contribution >= 4 is 34.1 Å². The van der Waals surface area contributed by atoms with Crippen LogP contribution in [0, 0.1) is 0 Å². The van der Waals surface area contributed by atoms with Gasteiger partial charge in [-0.25, -0.2) is 0 Å². The zero-order valence-electron chi connectivity index (χ0n) is 12.6. The van der Waals surface area contributed by atoms with Gasteiger partial charge in [-0.3, -0.25) is 9.48 Å². The number of benzene rings is 1. The zero-order chi connectivity index (χ0) is 15.8. The van der Waals surface area contributed by atoms with Gasteiger partial charge in [0.25, 0.3) is 0 Å². The molecule has 1 saturated heterocycles. The fraction of sp³-hybridized carbons (Fsp3) is 0.250. The van der Waals surface area contributed by atoms with Gasteiger partial charge in [-0.2, -0.15) is 10.2 Å². The molecular weight excluding hydrogens is 310 g/mol. The molecule has 116 valence electrons. The highest BCUT2D eigenvalue weighted by molar-refractivity contribution is 8.00. The molecule has 0 radical (unpaired) electrons. The molecule has 0 saturated carbocycles. The van der Waals surface area contributed by atoms with E-state index < -0.39 is 0 Å². The molecule has 7 heteroatoms. The standard InChI is InChI=1S/C16H15N5OS/c1-20-10-12(9-18-20)21-7-6-14(16(21)22)23-15-13-5-3-2-4-11(13)8-17-19-15/h2-5,8-10,14H,6-7H2,1H3. The lowest BCUT2D eigenvalue weighted by Crippen LogP contribution is -2.27. The van der Waals surface area contributed by atoms with Crippen LogP contribution >= 0.6 is 11.8 Å². The Kier molecular flexibility index (Phi) is 3.49. The molecule has 1 aliphatic heterocycles. The van der Waals surface area contributed by atoms with Crippen molar-refractivity contribution in [3.05, 3.63) is 42.9 Å². The Balaban J connectivity index is 1.59. The average Bonchev–Trinajstić information content (AvgIpc) is 3.14. The molecule has 2 aromatic heterocycles. The number of rotatable bonds is 3. The van der Waals surface area contributed by atoms with E-state index in [1.165, 1.54) is 11.8 Å². The van der Waals surface area contributed by atoms with E-state index in [2.05, 4.69) is 15.3 Å². The Morgan fingerprint density at radius 2 is 2.13 bits per heavy atom. The van der Waals surface area contributed by atoms with Gasteiger partial charge >= 0.3 is 0 Å². The molecule has 1 fully saturated rings. The molecular formula is C16H15N5OS. The number of hydrogen-bond acceptors (Lipinski definition) is 5. The molecule has 1 amide bonds. The van der Waals surface area contributed by atoms with Gasteiger partial charge in [0.05, 0.1) is 23.3 Å². The second-order valence-corrected chi connectivity index (χ2v) is 6.69. The summed E-state index contributed by atoms with van der Waals surface area (Å²) >= 11 is 1.50. The summed E-state index contributed by atoms with van der Waals surface area (Å²) in [6.07, 6.45) is 6.13. The van der Waals surface area contributed by atoms with Gasteiger partial charge in [0, 0.05) is 30.6 Å². The van der Waals surface area contributed by atoms with E-state index in [1.54, 1.807) is 22.0 Å². The van der Waals surface area contributed by atoms with Crippen LogP contribution in [-0.2, 0) is 11.8 Å². The smallest absolute Gasteiger partial charge is 0.240 e. The lowest BCUT2D eigenvalue weighted by molar-refractivity contribution is -0.116. The summed E-state index contributed by atoms with van der Waals surface area (Å²) in [5.74, 6) is 0.109. The highest BCUT2D eigenvalue weighted by Gasteiger charge is 2.34. The highest BCUT2D eigenvalue weighted by atomic mass is 32.2. The largest absolute Gasteiger partial charge is 0.308 e. The molecule has 3 aromatic rings. The Labute approximate surface area is 137 Å². The van der Waals surface area contributed by atoms with Crippen LogP contribution in [0.1, 0.15) is 6.42 Å². The normalized spacial score (nSPS) is 18.0. The maximum Gasteiger partial charge on any atom is 0.240 e.